The monoisotopic (exact) mass is 413 g/mol. The molecule has 0 heterocycles. The molecule has 0 aliphatic heterocycles. The molecule has 0 saturated heterocycles. The van der Waals surface area contributed by atoms with E-state index in [4.69, 9.17) is 5.73 Å². The molecule has 0 spiro atoms. The number of sulfonamides is 1. The largest absolute Gasteiger partial charge is 0.366 e. The highest BCUT2D eigenvalue weighted by Crippen LogP contribution is 2.20. The molecule has 29 heavy (non-hydrogen) atoms. The Morgan fingerprint density at radius 2 is 1.55 bits per heavy atom. The van der Waals surface area contributed by atoms with Gasteiger partial charge in [-0.3, -0.25) is 14.3 Å². The second-order valence-electron chi connectivity index (χ2n) is 6.01. The van der Waals surface area contributed by atoms with Crippen LogP contribution in [0.1, 0.15) is 20.7 Å². The predicted molar refractivity (Wildman–Crippen MR) is 107 cm³/mol. The molecular formula is C20H16FN3O4S. The zero-order valence-electron chi connectivity index (χ0n) is 14.9. The minimum atomic E-state index is -4.03. The molecule has 7 nitrogen and oxygen atoms in total. The lowest BCUT2D eigenvalue weighted by molar-refractivity contribution is 0.0996. The third-order valence-electron chi connectivity index (χ3n) is 3.95. The number of primary amides is 1. The van der Waals surface area contributed by atoms with Gasteiger partial charge in [0.1, 0.15) is 5.82 Å². The molecule has 3 rings (SSSR count). The van der Waals surface area contributed by atoms with Crippen LogP contribution in [0.2, 0.25) is 0 Å². The number of benzene rings is 3. The van der Waals surface area contributed by atoms with Gasteiger partial charge in [0.25, 0.3) is 15.9 Å². The van der Waals surface area contributed by atoms with Crippen molar-refractivity contribution in [2.75, 3.05) is 10.0 Å². The molecule has 0 unspecified atom stereocenters. The van der Waals surface area contributed by atoms with E-state index in [1.807, 2.05) is 0 Å². The first-order valence-corrected chi connectivity index (χ1v) is 9.83. The first kappa shape index (κ1) is 20.0. The Balaban J connectivity index is 1.75. The molecular weight excluding hydrogens is 397 g/mol. The lowest BCUT2D eigenvalue weighted by atomic mass is 10.1. The molecule has 3 aromatic rings. The quantitative estimate of drug-likeness (QED) is 0.576. The zero-order chi connectivity index (χ0) is 21.0. The molecule has 0 radical (unpaired) electrons. The Morgan fingerprint density at radius 3 is 2.21 bits per heavy atom. The van der Waals surface area contributed by atoms with Crippen molar-refractivity contribution >= 4 is 33.2 Å². The highest BCUT2D eigenvalue weighted by molar-refractivity contribution is 7.92. The Bertz CT molecular complexity index is 1180. The molecule has 9 heteroatoms. The Hall–Kier alpha value is -3.72. The van der Waals surface area contributed by atoms with Crippen molar-refractivity contribution in [3.05, 3.63) is 89.7 Å². The van der Waals surface area contributed by atoms with Crippen molar-refractivity contribution in [2.45, 2.75) is 4.90 Å². The van der Waals surface area contributed by atoms with E-state index in [0.29, 0.717) is 5.69 Å². The second kappa shape index (κ2) is 8.11. The van der Waals surface area contributed by atoms with E-state index in [-0.39, 0.29) is 21.7 Å². The number of nitrogens with two attached hydrogens (primary N) is 1. The summed E-state index contributed by atoms with van der Waals surface area (Å²) in [5, 5.41) is 2.60. The normalized spacial score (nSPS) is 10.9. The van der Waals surface area contributed by atoms with Crippen LogP contribution >= 0.6 is 0 Å². The maximum atomic E-state index is 13.7. The van der Waals surface area contributed by atoms with E-state index in [0.717, 1.165) is 6.07 Å². The van der Waals surface area contributed by atoms with E-state index >= 15 is 0 Å². The highest BCUT2D eigenvalue weighted by atomic mass is 32.2. The van der Waals surface area contributed by atoms with Crippen LogP contribution in [0.3, 0.4) is 0 Å². The zero-order valence-corrected chi connectivity index (χ0v) is 15.7. The number of nitrogens with one attached hydrogen (secondary N) is 2. The summed E-state index contributed by atoms with van der Waals surface area (Å²) in [5.41, 5.74) is 5.83. The van der Waals surface area contributed by atoms with Gasteiger partial charge < -0.3 is 11.1 Å². The van der Waals surface area contributed by atoms with E-state index in [1.165, 1.54) is 54.6 Å². The van der Waals surface area contributed by atoms with Crippen LogP contribution < -0.4 is 15.8 Å². The lowest BCUT2D eigenvalue weighted by Crippen LogP contribution is -2.16. The highest BCUT2D eigenvalue weighted by Gasteiger charge is 2.17. The van der Waals surface area contributed by atoms with Crippen LogP contribution in [0.15, 0.2) is 77.7 Å². The van der Waals surface area contributed by atoms with Crippen molar-refractivity contribution in [1.82, 2.24) is 0 Å². The first-order valence-electron chi connectivity index (χ1n) is 8.35. The fraction of sp³-hybridized carbons (Fsp3) is 0. The summed E-state index contributed by atoms with van der Waals surface area (Å²) in [4.78, 5) is 23.4. The average molecular weight is 413 g/mol. The summed E-state index contributed by atoms with van der Waals surface area (Å²) in [6.07, 6.45) is 0. The van der Waals surface area contributed by atoms with Gasteiger partial charge in [-0.15, -0.1) is 0 Å². The van der Waals surface area contributed by atoms with Crippen molar-refractivity contribution in [1.29, 1.82) is 0 Å². The molecule has 4 N–H and O–H groups in total. The van der Waals surface area contributed by atoms with Gasteiger partial charge in [-0.2, -0.15) is 0 Å². The van der Waals surface area contributed by atoms with Crippen molar-refractivity contribution in [3.8, 4) is 0 Å². The first-order chi connectivity index (χ1) is 13.8. The molecule has 0 fully saturated rings. The van der Waals surface area contributed by atoms with Crippen LogP contribution in [0.4, 0.5) is 15.8 Å². The maximum absolute atomic E-state index is 13.7. The standard InChI is InChI=1S/C20H16FN3O4S/c21-17-6-1-2-7-18(17)24-29(27,28)16-10-8-13(9-11-16)20(26)23-15-5-3-4-14(12-15)19(22)25/h1-12,24H,(H2,22,25)(H,23,26). The number of anilines is 2. The SMILES string of the molecule is NC(=O)c1cccc(NC(=O)c2ccc(S(=O)(=O)Nc3ccccc3F)cc2)c1. The number of amides is 2. The van der Waals surface area contributed by atoms with Crippen LogP contribution in [-0.4, -0.2) is 20.2 Å². The number of hydrogen-bond acceptors (Lipinski definition) is 4. The van der Waals surface area contributed by atoms with E-state index in [2.05, 4.69) is 10.0 Å². The second-order valence-corrected chi connectivity index (χ2v) is 7.69. The van der Waals surface area contributed by atoms with Gasteiger partial charge in [-0.1, -0.05) is 18.2 Å². The van der Waals surface area contributed by atoms with E-state index < -0.39 is 27.7 Å². The molecule has 148 valence electrons. The minimum Gasteiger partial charge on any atom is -0.366 e. The lowest BCUT2D eigenvalue weighted by Gasteiger charge is -2.10. The summed E-state index contributed by atoms with van der Waals surface area (Å²) in [6, 6.07) is 16.6. The van der Waals surface area contributed by atoms with Gasteiger partial charge in [0.15, 0.2) is 0 Å². The number of halogens is 1. The smallest absolute Gasteiger partial charge is 0.261 e. The van der Waals surface area contributed by atoms with Gasteiger partial charge in [-0.05, 0) is 54.6 Å². The van der Waals surface area contributed by atoms with Gasteiger partial charge >= 0.3 is 0 Å². The summed E-state index contributed by atoms with van der Waals surface area (Å²) in [5.74, 6) is -1.83. The summed E-state index contributed by atoms with van der Waals surface area (Å²) in [6.45, 7) is 0. The molecule has 0 aromatic heterocycles. The van der Waals surface area contributed by atoms with Crippen LogP contribution in [0.25, 0.3) is 0 Å². The van der Waals surface area contributed by atoms with Crippen LogP contribution in [0, 0.1) is 5.82 Å². The fourth-order valence-corrected chi connectivity index (χ4v) is 3.55. The maximum Gasteiger partial charge on any atom is 0.261 e. The van der Waals surface area contributed by atoms with Crippen molar-refractivity contribution in [3.63, 3.8) is 0 Å². The molecule has 0 atom stereocenters. The third-order valence-corrected chi connectivity index (χ3v) is 5.33. The van der Waals surface area contributed by atoms with E-state index in [9.17, 15) is 22.4 Å². The van der Waals surface area contributed by atoms with Gasteiger partial charge in [0, 0.05) is 16.8 Å². The van der Waals surface area contributed by atoms with Gasteiger partial charge in [-0.25, -0.2) is 12.8 Å². The summed E-state index contributed by atoms with van der Waals surface area (Å²) in [7, 11) is -4.03. The molecule has 0 bridgehead atoms. The molecule has 0 saturated carbocycles. The summed E-state index contributed by atoms with van der Waals surface area (Å²) >= 11 is 0. The van der Waals surface area contributed by atoms with Gasteiger partial charge in [0.05, 0.1) is 10.6 Å². The van der Waals surface area contributed by atoms with E-state index in [1.54, 1.807) is 12.1 Å². The Morgan fingerprint density at radius 1 is 0.862 bits per heavy atom. The van der Waals surface area contributed by atoms with Crippen molar-refractivity contribution in [2.24, 2.45) is 5.73 Å². The topological polar surface area (TPSA) is 118 Å². The third kappa shape index (κ3) is 4.77. The number of carbonyl (C=O) groups is 2. The minimum absolute atomic E-state index is 0.131. The van der Waals surface area contributed by atoms with Crippen LogP contribution in [-0.2, 0) is 10.0 Å². The molecule has 3 aromatic carbocycles. The number of carbonyl (C=O) groups excluding carboxylic acids is 2. The van der Waals surface area contributed by atoms with Crippen molar-refractivity contribution < 1.29 is 22.4 Å². The molecule has 0 aliphatic rings. The van der Waals surface area contributed by atoms with Gasteiger partial charge in [0.2, 0.25) is 5.91 Å². The number of para-hydroxylation sites is 1. The Kier molecular flexibility index (Phi) is 5.60. The predicted octanol–water partition coefficient (Wildman–Crippen LogP) is 2.98. The summed E-state index contributed by atoms with van der Waals surface area (Å²) < 4.78 is 40.7. The fourth-order valence-electron chi connectivity index (χ4n) is 2.49. The average Bonchev–Trinajstić information content (AvgIpc) is 2.70. The number of rotatable bonds is 6. The Labute approximate surface area is 166 Å². The molecule has 0 aliphatic carbocycles. The molecule has 2 amide bonds. The number of hydrogen-bond donors (Lipinski definition) is 3. The van der Waals surface area contributed by atoms with Crippen LogP contribution in [0.5, 0.6) is 0 Å².